The molecule has 0 saturated carbocycles. The van der Waals surface area contributed by atoms with Crippen molar-refractivity contribution in [3.05, 3.63) is 35.7 Å². The zero-order valence-electron chi connectivity index (χ0n) is 11.0. The number of carbonyl (C=O) groups excluding carboxylic acids is 2. The van der Waals surface area contributed by atoms with Crippen molar-refractivity contribution in [1.29, 1.82) is 0 Å². The topological polar surface area (TPSA) is 127 Å². The van der Waals surface area contributed by atoms with Gasteiger partial charge in [-0.1, -0.05) is 0 Å². The Bertz CT molecular complexity index is 585. The minimum Gasteiger partial charge on any atom is -0.478 e. The lowest BCUT2D eigenvalue weighted by Crippen LogP contribution is -2.40. The smallest absolute Gasteiger partial charge is 0.328 e. The predicted molar refractivity (Wildman–Crippen MR) is 73.7 cm³/mol. The average Bonchev–Trinajstić information content (AvgIpc) is 2.34. The van der Waals surface area contributed by atoms with Gasteiger partial charge < -0.3 is 21.5 Å². The van der Waals surface area contributed by atoms with Crippen LogP contribution in [0, 0.1) is 5.82 Å². The number of nitrogens with zero attached hydrogens (tertiary/aromatic N) is 1. The summed E-state index contributed by atoms with van der Waals surface area (Å²) in [7, 11) is 0. The molecule has 0 radical (unpaired) electrons. The van der Waals surface area contributed by atoms with Crippen molar-refractivity contribution in [1.82, 2.24) is 0 Å². The first-order chi connectivity index (χ1) is 9.79. The van der Waals surface area contributed by atoms with Crippen LogP contribution in [0.2, 0.25) is 0 Å². The number of carboxylic acids is 1. The Morgan fingerprint density at radius 1 is 1.19 bits per heavy atom. The second-order valence-corrected chi connectivity index (χ2v) is 4.16. The van der Waals surface area contributed by atoms with Crippen LogP contribution in [0.15, 0.2) is 24.3 Å². The van der Waals surface area contributed by atoms with Crippen LogP contribution in [0.5, 0.6) is 0 Å². The molecule has 0 saturated heterocycles. The molecule has 1 aromatic carbocycles. The van der Waals surface area contributed by atoms with E-state index in [0.717, 1.165) is 24.3 Å². The van der Waals surface area contributed by atoms with Crippen LogP contribution >= 0.6 is 0 Å². The monoisotopic (exact) mass is 295 g/mol. The highest BCUT2D eigenvalue weighted by atomic mass is 19.1. The van der Waals surface area contributed by atoms with Crippen molar-refractivity contribution >= 4 is 29.5 Å². The number of hydrogen-bond acceptors (Lipinski definition) is 4. The quantitative estimate of drug-likeness (QED) is 0.595. The second-order valence-electron chi connectivity index (χ2n) is 4.16. The zero-order valence-corrected chi connectivity index (χ0v) is 11.0. The van der Waals surface area contributed by atoms with Crippen molar-refractivity contribution in [3.8, 4) is 0 Å². The molecule has 0 aliphatic carbocycles. The van der Waals surface area contributed by atoms with Crippen LogP contribution in [0.4, 0.5) is 10.1 Å². The number of hydrogen-bond donors (Lipinski definition) is 3. The lowest BCUT2D eigenvalue weighted by atomic mass is 10.1. The van der Waals surface area contributed by atoms with Crippen LogP contribution in [0.25, 0.3) is 6.08 Å². The Morgan fingerprint density at radius 2 is 1.76 bits per heavy atom. The fourth-order valence-electron chi connectivity index (χ4n) is 1.71. The fourth-order valence-corrected chi connectivity index (χ4v) is 1.71. The molecule has 1 rings (SSSR count). The molecule has 0 unspecified atom stereocenters. The molecular weight excluding hydrogens is 281 g/mol. The van der Waals surface area contributed by atoms with Gasteiger partial charge in [0.25, 0.3) is 0 Å². The van der Waals surface area contributed by atoms with E-state index in [1.807, 2.05) is 0 Å². The zero-order chi connectivity index (χ0) is 16.0. The van der Waals surface area contributed by atoms with Crippen molar-refractivity contribution in [2.24, 2.45) is 11.5 Å². The number of carbonyl (C=O) groups is 3. The van der Waals surface area contributed by atoms with E-state index in [2.05, 4.69) is 0 Å². The maximum Gasteiger partial charge on any atom is 0.328 e. The van der Waals surface area contributed by atoms with E-state index in [9.17, 15) is 18.8 Å². The molecule has 0 aliphatic heterocycles. The summed E-state index contributed by atoms with van der Waals surface area (Å²) in [5.74, 6) is -3.24. The van der Waals surface area contributed by atoms with E-state index < -0.39 is 23.6 Å². The second kappa shape index (κ2) is 7.04. The van der Waals surface area contributed by atoms with Crippen LogP contribution in [0.3, 0.4) is 0 Å². The van der Waals surface area contributed by atoms with Gasteiger partial charge in [-0.3, -0.25) is 9.59 Å². The number of nitrogens with two attached hydrogens (primary N) is 2. The molecule has 0 aliphatic rings. The maximum atomic E-state index is 13.3. The number of aliphatic carboxylic acids is 1. The van der Waals surface area contributed by atoms with Crippen molar-refractivity contribution in [2.75, 3.05) is 18.0 Å². The summed E-state index contributed by atoms with van der Waals surface area (Å²) in [5.41, 5.74) is 10.6. The number of rotatable bonds is 7. The normalized spacial score (nSPS) is 10.5. The predicted octanol–water partition coefficient (Wildman–Crippen LogP) is -0.299. The molecule has 5 N–H and O–H groups in total. The Balaban J connectivity index is 3.25. The number of primary amides is 2. The van der Waals surface area contributed by atoms with Gasteiger partial charge in [0.1, 0.15) is 5.82 Å². The van der Waals surface area contributed by atoms with Crippen LogP contribution in [0.1, 0.15) is 5.56 Å². The molecule has 0 fully saturated rings. The third kappa shape index (κ3) is 5.31. The molecule has 112 valence electrons. The third-order valence-electron chi connectivity index (χ3n) is 2.43. The standard InChI is InChI=1S/C13H14FN3O4/c14-9-2-3-10(8(5-9)1-4-13(20)21)17(6-11(15)18)7-12(16)19/h1-5H,6-7H2,(H2,15,18)(H2,16,19)(H,20,21). The van der Waals surface area contributed by atoms with Gasteiger partial charge >= 0.3 is 5.97 Å². The van der Waals surface area contributed by atoms with E-state index in [1.165, 1.54) is 11.0 Å². The Hall–Kier alpha value is -2.90. The Labute approximate surface area is 119 Å². The Kier molecular flexibility index (Phi) is 5.41. The first kappa shape index (κ1) is 16.2. The molecule has 0 aromatic heterocycles. The number of anilines is 1. The summed E-state index contributed by atoms with van der Waals surface area (Å²) in [5, 5.41) is 8.62. The average molecular weight is 295 g/mol. The third-order valence-corrected chi connectivity index (χ3v) is 2.43. The van der Waals surface area contributed by atoms with Gasteiger partial charge in [0, 0.05) is 17.3 Å². The van der Waals surface area contributed by atoms with E-state index >= 15 is 0 Å². The summed E-state index contributed by atoms with van der Waals surface area (Å²) in [6, 6.07) is 3.49. The van der Waals surface area contributed by atoms with Gasteiger partial charge in [-0.05, 0) is 24.3 Å². The molecule has 0 heterocycles. The summed E-state index contributed by atoms with van der Waals surface area (Å²) < 4.78 is 13.3. The van der Waals surface area contributed by atoms with Gasteiger partial charge in [0.05, 0.1) is 13.1 Å². The lowest BCUT2D eigenvalue weighted by Gasteiger charge is -2.23. The fraction of sp³-hybridized carbons (Fsp3) is 0.154. The van der Waals surface area contributed by atoms with Gasteiger partial charge in [-0.2, -0.15) is 0 Å². The first-order valence-electron chi connectivity index (χ1n) is 5.81. The highest BCUT2D eigenvalue weighted by molar-refractivity contribution is 5.89. The summed E-state index contributed by atoms with van der Waals surface area (Å²) in [4.78, 5) is 33.9. The number of halogens is 1. The van der Waals surface area contributed by atoms with E-state index in [4.69, 9.17) is 16.6 Å². The van der Waals surface area contributed by atoms with Crippen LogP contribution < -0.4 is 16.4 Å². The van der Waals surface area contributed by atoms with E-state index in [1.54, 1.807) is 0 Å². The molecule has 0 spiro atoms. The molecule has 0 atom stereocenters. The Morgan fingerprint density at radius 3 is 2.24 bits per heavy atom. The summed E-state index contributed by atoms with van der Waals surface area (Å²) in [6.07, 6.45) is 1.96. The minimum atomic E-state index is -1.22. The first-order valence-corrected chi connectivity index (χ1v) is 5.81. The molecular formula is C13H14FN3O4. The summed E-state index contributed by atoms with van der Waals surface area (Å²) >= 11 is 0. The van der Waals surface area contributed by atoms with Crippen LogP contribution in [-0.4, -0.2) is 36.0 Å². The van der Waals surface area contributed by atoms with E-state index in [-0.39, 0.29) is 24.3 Å². The van der Waals surface area contributed by atoms with Gasteiger partial charge in [-0.15, -0.1) is 0 Å². The van der Waals surface area contributed by atoms with Crippen molar-refractivity contribution in [3.63, 3.8) is 0 Å². The van der Waals surface area contributed by atoms with Gasteiger partial charge in [0.15, 0.2) is 0 Å². The SMILES string of the molecule is NC(=O)CN(CC(N)=O)c1ccc(F)cc1C=CC(=O)O. The highest BCUT2D eigenvalue weighted by Gasteiger charge is 2.15. The number of benzene rings is 1. The van der Waals surface area contributed by atoms with Gasteiger partial charge in [0.2, 0.25) is 11.8 Å². The summed E-state index contributed by atoms with van der Waals surface area (Å²) in [6.45, 7) is -0.634. The number of amides is 2. The highest BCUT2D eigenvalue weighted by Crippen LogP contribution is 2.23. The molecule has 1 aromatic rings. The molecule has 21 heavy (non-hydrogen) atoms. The lowest BCUT2D eigenvalue weighted by molar-refractivity contribution is -0.131. The molecule has 8 heteroatoms. The maximum absolute atomic E-state index is 13.3. The molecule has 0 bridgehead atoms. The largest absolute Gasteiger partial charge is 0.478 e. The molecule has 7 nitrogen and oxygen atoms in total. The van der Waals surface area contributed by atoms with Crippen LogP contribution in [-0.2, 0) is 14.4 Å². The number of carboxylic acid groups (broad SMARTS) is 1. The molecule has 2 amide bonds. The van der Waals surface area contributed by atoms with Crippen molar-refractivity contribution in [2.45, 2.75) is 0 Å². The minimum absolute atomic E-state index is 0.180. The van der Waals surface area contributed by atoms with Crippen molar-refractivity contribution < 1.29 is 23.9 Å². The van der Waals surface area contributed by atoms with E-state index in [0.29, 0.717) is 0 Å². The van der Waals surface area contributed by atoms with Gasteiger partial charge in [-0.25, -0.2) is 9.18 Å².